The van der Waals surface area contributed by atoms with Crippen LogP contribution in [0.15, 0.2) is 18.2 Å². The maximum Gasteiger partial charge on any atom is 0.0409 e. The van der Waals surface area contributed by atoms with Crippen LogP contribution >= 0.6 is 24.0 Å². The number of nitrogens with two attached hydrogens (primary N) is 1. The van der Waals surface area contributed by atoms with Gasteiger partial charge in [-0.2, -0.15) is 0 Å². The summed E-state index contributed by atoms with van der Waals surface area (Å²) in [5.41, 5.74) is 8.05. The molecular formula is C9H13Cl2N. The normalized spacial score (nSPS) is 12.0. The highest BCUT2D eigenvalue weighted by atomic mass is 35.5. The van der Waals surface area contributed by atoms with Crippen molar-refractivity contribution in [2.45, 2.75) is 19.9 Å². The van der Waals surface area contributed by atoms with Crippen LogP contribution in [0.5, 0.6) is 0 Å². The van der Waals surface area contributed by atoms with E-state index in [0.29, 0.717) is 0 Å². The summed E-state index contributed by atoms with van der Waals surface area (Å²) in [7, 11) is 0. The van der Waals surface area contributed by atoms with Crippen molar-refractivity contribution < 1.29 is 0 Å². The summed E-state index contributed by atoms with van der Waals surface area (Å²) in [6.07, 6.45) is 0. The van der Waals surface area contributed by atoms with Crippen LogP contribution in [0.1, 0.15) is 24.1 Å². The third-order valence-corrected chi connectivity index (χ3v) is 1.97. The summed E-state index contributed by atoms with van der Waals surface area (Å²) >= 11 is 5.81. The summed E-state index contributed by atoms with van der Waals surface area (Å²) in [5.74, 6) is 0. The molecule has 0 aromatic heterocycles. The molecule has 1 rings (SSSR count). The van der Waals surface area contributed by atoms with Gasteiger partial charge in [-0.25, -0.2) is 0 Å². The van der Waals surface area contributed by atoms with E-state index in [-0.39, 0.29) is 18.4 Å². The third-order valence-electron chi connectivity index (χ3n) is 1.73. The molecule has 2 N–H and O–H groups in total. The fourth-order valence-electron chi connectivity index (χ4n) is 1.10. The van der Waals surface area contributed by atoms with Gasteiger partial charge in [0, 0.05) is 11.1 Å². The lowest BCUT2D eigenvalue weighted by Gasteiger charge is -2.09. The van der Waals surface area contributed by atoms with Gasteiger partial charge in [0.25, 0.3) is 0 Å². The number of benzene rings is 1. The zero-order valence-corrected chi connectivity index (χ0v) is 8.75. The Morgan fingerprint density at radius 3 is 2.42 bits per heavy atom. The molecule has 0 aliphatic heterocycles. The molecule has 0 saturated carbocycles. The monoisotopic (exact) mass is 205 g/mol. The Morgan fingerprint density at radius 2 is 2.00 bits per heavy atom. The summed E-state index contributed by atoms with van der Waals surface area (Å²) in [6, 6.07) is 5.85. The van der Waals surface area contributed by atoms with Crippen LogP contribution in [-0.4, -0.2) is 0 Å². The van der Waals surface area contributed by atoms with Gasteiger partial charge in [-0.3, -0.25) is 0 Å². The van der Waals surface area contributed by atoms with Crippen LogP contribution in [0.2, 0.25) is 5.02 Å². The van der Waals surface area contributed by atoms with Crippen molar-refractivity contribution in [3.63, 3.8) is 0 Å². The molecule has 3 heteroatoms. The second-order valence-electron chi connectivity index (χ2n) is 2.79. The van der Waals surface area contributed by atoms with Gasteiger partial charge in [-0.15, -0.1) is 12.4 Å². The quantitative estimate of drug-likeness (QED) is 0.750. The van der Waals surface area contributed by atoms with E-state index in [1.165, 1.54) is 5.56 Å². The van der Waals surface area contributed by atoms with Crippen LogP contribution < -0.4 is 5.73 Å². The first-order chi connectivity index (χ1) is 5.11. The lowest BCUT2D eigenvalue weighted by Crippen LogP contribution is -2.06. The van der Waals surface area contributed by atoms with Gasteiger partial charge in [0.2, 0.25) is 0 Å². The van der Waals surface area contributed by atoms with E-state index >= 15 is 0 Å². The lowest BCUT2D eigenvalue weighted by molar-refractivity contribution is 0.810. The molecule has 0 unspecified atom stereocenters. The molecule has 0 radical (unpaired) electrons. The standard InChI is InChI=1S/C9H12ClN.ClH/c1-6-3-4-8(10)5-9(6)7(2)11;/h3-5,7H,11H2,1-2H3;1H/t7-;/m1./s1. The Hall–Kier alpha value is -0.240. The molecule has 68 valence electrons. The molecule has 0 amide bonds. The SMILES string of the molecule is Cc1ccc(Cl)cc1[C@@H](C)N.Cl. The Labute approximate surface area is 84.3 Å². The topological polar surface area (TPSA) is 26.0 Å². The largest absolute Gasteiger partial charge is 0.324 e. The molecule has 0 aliphatic carbocycles. The van der Waals surface area contributed by atoms with Crippen molar-refractivity contribution in [3.05, 3.63) is 34.3 Å². The van der Waals surface area contributed by atoms with Crippen molar-refractivity contribution in [3.8, 4) is 0 Å². The smallest absolute Gasteiger partial charge is 0.0409 e. The van der Waals surface area contributed by atoms with E-state index in [1.54, 1.807) is 0 Å². The van der Waals surface area contributed by atoms with Gasteiger partial charge >= 0.3 is 0 Å². The predicted octanol–water partition coefficient (Wildman–Crippen LogP) is 3.09. The first kappa shape index (κ1) is 11.8. The van der Waals surface area contributed by atoms with E-state index < -0.39 is 0 Å². The van der Waals surface area contributed by atoms with E-state index in [9.17, 15) is 0 Å². The molecule has 0 heterocycles. The number of hydrogen-bond donors (Lipinski definition) is 1. The Bertz CT molecular complexity index is 259. The summed E-state index contributed by atoms with van der Waals surface area (Å²) in [5, 5.41) is 0.753. The number of hydrogen-bond acceptors (Lipinski definition) is 1. The van der Waals surface area contributed by atoms with Crippen molar-refractivity contribution in [2.75, 3.05) is 0 Å². The Kier molecular flexibility index (Phi) is 4.61. The zero-order valence-electron chi connectivity index (χ0n) is 7.17. The molecule has 12 heavy (non-hydrogen) atoms. The fourth-order valence-corrected chi connectivity index (χ4v) is 1.28. The van der Waals surface area contributed by atoms with E-state index in [4.69, 9.17) is 17.3 Å². The van der Waals surface area contributed by atoms with Crippen LogP contribution in [-0.2, 0) is 0 Å². The van der Waals surface area contributed by atoms with E-state index in [0.717, 1.165) is 10.6 Å². The van der Waals surface area contributed by atoms with Crippen LogP contribution in [0, 0.1) is 6.92 Å². The van der Waals surface area contributed by atoms with Crippen molar-refractivity contribution >= 4 is 24.0 Å². The molecule has 0 fully saturated rings. The van der Waals surface area contributed by atoms with Gasteiger partial charge in [0.15, 0.2) is 0 Å². The Balaban J connectivity index is 0.00000121. The second kappa shape index (κ2) is 4.70. The summed E-state index contributed by atoms with van der Waals surface area (Å²) in [6.45, 7) is 3.99. The average molecular weight is 206 g/mol. The number of halogens is 2. The van der Waals surface area contributed by atoms with E-state index in [1.807, 2.05) is 32.0 Å². The summed E-state index contributed by atoms with van der Waals surface area (Å²) in [4.78, 5) is 0. The molecule has 1 atom stereocenters. The second-order valence-corrected chi connectivity index (χ2v) is 3.23. The van der Waals surface area contributed by atoms with Crippen molar-refractivity contribution in [1.82, 2.24) is 0 Å². The average Bonchev–Trinajstić information content (AvgIpc) is 1.94. The van der Waals surface area contributed by atoms with Crippen LogP contribution in [0.3, 0.4) is 0 Å². The fraction of sp³-hybridized carbons (Fsp3) is 0.333. The van der Waals surface area contributed by atoms with E-state index in [2.05, 4.69) is 0 Å². The van der Waals surface area contributed by atoms with Crippen LogP contribution in [0.4, 0.5) is 0 Å². The molecule has 1 nitrogen and oxygen atoms in total. The van der Waals surface area contributed by atoms with Crippen molar-refractivity contribution in [2.24, 2.45) is 5.73 Å². The summed E-state index contributed by atoms with van der Waals surface area (Å²) < 4.78 is 0. The highest BCUT2D eigenvalue weighted by molar-refractivity contribution is 6.30. The minimum absolute atomic E-state index is 0. The molecule has 0 aliphatic rings. The molecule has 0 bridgehead atoms. The lowest BCUT2D eigenvalue weighted by atomic mass is 10.0. The maximum absolute atomic E-state index is 5.81. The molecule has 0 saturated heterocycles. The van der Waals surface area contributed by atoms with Gasteiger partial charge in [0.05, 0.1) is 0 Å². The van der Waals surface area contributed by atoms with Gasteiger partial charge < -0.3 is 5.73 Å². The number of rotatable bonds is 1. The molecule has 0 spiro atoms. The minimum atomic E-state index is 0. The van der Waals surface area contributed by atoms with Gasteiger partial charge in [0.1, 0.15) is 0 Å². The molecule has 1 aromatic rings. The van der Waals surface area contributed by atoms with Crippen LogP contribution in [0.25, 0.3) is 0 Å². The van der Waals surface area contributed by atoms with Crippen molar-refractivity contribution in [1.29, 1.82) is 0 Å². The predicted molar refractivity (Wildman–Crippen MR) is 56.0 cm³/mol. The molecule has 1 aromatic carbocycles. The zero-order chi connectivity index (χ0) is 8.43. The first-order valence-corrected chi connectivity index (χ1v) is 4.00. The highest BCUT2D eigenvalue weighted by Gasteiger charge is 2.02. The molecular weight excluding hydrogens is 193 g/mol. The first-order valence-electron chi connectivity index (χ1n) is 3.63. The number of aryl methyl sites for hydroxylation is 1. The minimum Gasteiger partial charge on any atom is -0.324 e. The Morgan fingerprint density at radius 1 is 1.42 bits per heavy atom. The highest BCUT2D eigenvalue weighted by Crippen LogP contribution is 2.19. The maximum atomic E-state index is 5.81. The van der Waals surface area contributed by atoms with Gasteiger partial charge in [-0.05, 0) is 37.1 Å². The third kappa shape index (κ3) is 2.67. The van der Waals surface area contributed by atoms with Gasteiger partial charge in [-0.1, -0.05) is 17.7 Å².